The van der Waals surface area contributed by atoms with E-state index >= 15 is 0 Å². The predicted octanol–water partition coefficient (Wildman–Crippen LogP) is 6.91. The molecule has 170 valence electrons. The Morgan fingerprint density at radius 3 is 2.55 bits per heavy atom. The van der Waals surface area contributed by atoms with E-state index in [0.29, 0.717) is 16.7 Å². The zero-order chi connectivity index (χ0) is 23.9. The van der Waals surface area contributed by atoms with Gasteiger partial charge in [0.1, 0.15) is 18.1 Å². The summed E-state index contributed by atoms with van der Waals surface area (Å²) in [6, 6.07) is 14.7. The second-order valence-corrected chi connectivity index (χ2v) is 8.51. The highest BCUT2D eigenvalue weighted by molar-refractivity contribution is 5.74. The molecule has 3 aromatic rings. The summed E-state index contributed by atoms with van der Waals surface area (Å²) in [6.45, 7) is 3.47. The summed E-state index contributed by atoms with van der Waals surface area (Å²) in [5.74, 6) is -4.07. The predicted molar refractivity (Wildman–Crippen MR) is 118 cm³/mol. The molecule has 2 nitrogen and oxygen atoms in total. The van der Waals surface area contributed by atoms with Gasteiger partial charge in [0.15, 0.2) is 0 Å². The number of benzene rings is 3. The number of halogens is 4. The third-order valence-electron chi connectivity index (χ3n) is 6.41. The maximum Gasteiger partial charge on any atom is 0.281 e. The molecule has 2 unspecified atom stereocenters. The zero-order valence-electron chi connectivity index (χ0n) is 18.3. The highest BCUT2D eigenvalue weighted by Crippen LogP contribution is 2.49. The summed E-state index contributed by atoms with van der Waals surface area (Å²) >= 11 is 0. The average molecular weight is 453 g/mol. The van der Waals surface area contributed by atoms with E-state index in [2.05, 4.69) is 0 Å². The first kappa shape index (κ1) is 23.0. The summed E-state index contributed by atoms with van der Waals surface area (Å²) in [4.78, 5) is 0. The first-order valence-corrected chi connectivity index (χ1v) is 10.8. The molecule has 0 heterocycles. The Labute approximate surface area is 190 Å². The van der Waals surface area contributed by atoms with Crippen molar-refractivity contribution in [3.63, 3.8) is 0 Å². The molecular formula is C27H23F4NO. The van der Waals surface area contributed by atoms with Crippen LogP contribution in [0.25, 0.3) is 11.1 Å². The van der Waals surface area contributed by atoms with Gasteiger partial charge in [0.25, 0.3) is 5.92 Å². The molecule has 1 aliphatic carbocycles. The largest absolute Gasteiger partial charge is 0.382 e. The lowest BCUT2D eigenvalue weighted by molar-refractivity contribution is -0.0966. The lowest BCUT2D eigenvalue weighted by Crippen LogP contribution is -2.21. The smallest absolute Gasteiger partial charge is 0.281 e. The monoisotopic (exact) mass is 453 g/mol. The van der Waals surface area contributed by atoms with Crippen LogP contribution in [0.2, 0.25) is 0 Å². The number of hydrogen-bond acceptors (Lipinski definition) is 2. The fourth-order valence-electron chi connectivity index (χ4n) is 4.69. The highest BCUT2D eigenvalue weighted by Gasteiger charge is 2.49. The number of aliphatic hydroxyl groups excluding tert-OH is 1. The summed E-state index contributed by atoms with van der Waals surface area (Å²) < 4.78 is 58.1. The molecule has 0 fully saturated rings. The van der Waals surface area contributed by atoms with Gasteiger partial charge in [0.05, 0.1) is 11.6 Å². The number of alkyl halides is 3. The van der Waals surface area contributed by atoms with E-state index in [4.69, 9.17) is 0 Å². The van der Waals surface area contributed by atoms with Crippen molar-refractivity contribution in [3.05, 3.63) is 93.3 Å². The van der Waals surface area contributed by atoms with Crippen molar-refractivity contribution in [1.82, 2.24) is 0 Å². The van der Waals surface area contributed by atoms with Crippen molar-refractivity contribution < 1.29 is 22.7 Å². The number of nitriles is 1. The Morgan fingerprint density at radius 1 is 1.15 bits per heavy atom. The van der Waals surface area contributed by atoms with Gasteiger partial charge in [-0.15, -0.1) is 0 Å². The van der Waals surface area contributed by atoms with Crippen LogP contribution in [0, 0.1) is 24.1 Å². The van der Waals surface area contributed by atoms with Gasteiger partial charge in [-0.25, -0.2) is 17.6 Å². The molecule has 3 aromatic carbocycles. The van der Waals surface area contributed by atoms with E-state index in [1.54, 1.807) is 25.1 Å². The van der Waals surface area contributed by atoms with Gasteiger partial charge < -0.3 is 5.11 Å². The number of nitrogens with zero attached hydrogens (tertiary/aromatic N) is 1. The summed E-state index contributed by atoms with van der Waals surface area (Å²) in [6.07, 6.45) is -4.06. The van der Waals surface area contributed by atoms with Gasteiger partial charge in [-0.2, -0.15) is 5.26 Å². The van der Waals surface area contributed by atoms with Crippen LogP contribution in [0.4, 0.5) is 17.6 Å². The Kier molecular flexibility index (Phi) is 6.02. The Bertz CT molecular complexity index is 1260. The van der Waals surface area contributed by atoms with Crippen molar-refractivity contribution in [3.8, 4) is 17.2 Å². The van der Waals surface area contributed by atoms with Crippen LogP contribution in [-0.2, 0) is 12.8 Å². The number of rotatable bonds is 5. The van der Waals surface area contributed by atoms with Gasteiger partial charge in [-0.1, -0.05) is 43.3 Å². The molecule has 1 N–H and O–H groups in total. The lowest BCUT2D eigenvalue weighted by atomic mass is 9.86. The summed E-state index contributed by atoms with van der Waals surface area (Å²) in [5.41, 5.74) is 3.36. The normalized spacial score (nSPS) is 17.5. The van der Waals surface area contributed by atoms with Crippen molar-refractivity contribution in [2.75, 3.05) is 0 Å². The van der Waals surface area contributed by atoms with E-state index in [1.165, 1.54) is 0 Å². The average Bonchev–Trinajstić information content (AvgIpc) is 3.04. The number of aliphatic hydroxyl groups is 1. The first-order valence-electron chi connectivity index (χ1n) is 10.8. The third-order valence-corrected chi connectivity index (χ3v) is 6.41. The second kappa shape index (κ2) is 8.64. The molecule has 0 amide bonds. The summed E-state index contributed by atoms with van der Waals surface area (Å²) in [7, 11) is 0. The van der Waals surface area contributed by atoms with E-state index in [-0.39, 0.29) is 35.1 Å². The van der Waals surface area contributed by atoms with Gasteiger partial charge in [0.2, 0.25) is 0 Å². The van der Waals surface area contributed by atoms with Crippen LogP contribution < -0.4 is 0 Å². The number of aryl methyl sites for hydroxylation is 1. The molecule has 0 saturated carbocycles. The van der Waals surface area contributed by atoms with Gasteiger partial charge >= 0.3 is 0 Å². The van der Waals surface area contributed by atoms with Crippen LogP contribution in [0.1, 0.15) is 64.6 Å². The summed E-state index contributed by atoms with van der Waals surface area (Å²) in [5, 5.41) is 20.1. The molecule has 0 radical (unpaired) electrons. The minimum atomic E-state index is -3.36. The highest BCUT2D eigenvalue weighted by atomic mass is 19.3. The molecule has 4 rings (SSSR count). The minimum absolute atomic E-state index is 0.0158. The molecule has 1 aliphatic rings. The SMILES string of the molecule is CCC(F)c1cc(F)cc(C#N)c1Cc1ccc(-c2ccccc2C)c2c1CC(F)(F)C2O. The van der Waals surface area contributed by atoms with Gasteiger partial charge in [-0.3, -0.25) is 0 Å². The van der Waals surface area contributed by atoms with E-state index < -0.39 is 30.4 Å². The molecule has 33 heavy (non-hydrogen) atoms. The molecule has 0 spiro atoms. The van der Waals surface area contributed by atoms with Crippen molar-refractivity contribution in [1.29, 1.82) is 5.26 Å². The van der Waals surface area contributed by atoms with Crippen LogP contribution in [0.15, 0.2) is 48.5 Å². The van der Waals surface area contributed by atoms with Crippen LogP contribution in [0.5, 0.6) is 0 Å². The molecule has 2 atom stereocenters. The van der Waals surface area contributed by atoms with E-state index in [1.807, 2.05) is 31.2 Å². The third kappa shape index (κ3) is 4.02. The maximum absolute atomic E-state index is 14.7. The standard InChI is InChI=1S/C27H23F4NO/c1-3-24(29)22-12-18(28)10-17(14-32)21(22)11-16-8-9-20(19-7-5-4-6-15(19)2)25-23(16)13-27(30,31)26(25)33/h4-10,12,24,26,33H,3,11,13H2,1-2H3. The fraction of sp³-hybridized carbons (Fsp3) is 0.296. The molecular weight excluding hydrogens is 430 g/mol. The molecule has 0 saturated heterocycles. The quantitative estimate of drug-likeness (QED) is 0.427. The van der Waals surface area contributed by atoms with Crippen molar-refractivity contribution >= 4 is 0 Å². The number of fused-ring (bicyclic) bond motifs is 1. The molecule has 0 bridgehead atoms. The number of hydrogen-bond donors (Lipinski definition) is 1. The van der Waals surface area contributed by atoms with Gasteiger partial charge in [0, 0.05) is 6.42 Å². The van der Waals surface area contributed by atoms with Crippen LogP contribution in [-0.4, -0.2) is 11.0 Å². The van der Waals surface area contributed by atoms with Crippen molar-refractivity contribution in [2.24, 2.45) is 0 Å². The minimum Gasteiger partial charge on any atom is -0.382 e. The molecule has 6 heteroatoms. The Morgan fingerprint density at radius 2 is 1.88 bits per heavy atom. The van der Waals surface area contributed by atoms with Gasteiger partial charge in [-0.05, 0) is 76.4 Å². The van der Waals surface area contributed by atoms with Crippen LogP contribution >= 0.6 is 0 Å². The molecule has 0 aromatic heterocycles. The zero-order valence-corrected chi connectivity index (χ0v) is 18.3. The maximum atomic E-state index is 14.7. The molecule has 0 aliphatic heterocycles. The lowest BCUT2D eigenvalue weighted by Gasteiger charge is -2.19. The van der Waals surface area contributed by atoms with E-state index in [0.717, 1.165) is 23.3 Å². The fourth-order valence-corrected chi connectivity index (χ4v) is 4.69. The van der Waals surface area contributed by atoms with E-state index in [9.17, 15) is 27.9 Å². The Balaban J connectivity index is 1.91. The topological polar surface area (TPSA) is 44.0 Å². The first-order chi connectivity index (χ1) is 15.7. The van der Waals surface area contributed by atoms with Crippen LogP contribution in [0.3, 0.4) is 0 Å². The van der Waals surface area contributed by atoms with Crippen molar-refractivity contribution in [2.45, 2.75) is 51.3 Å². The Hall–Kier alpha value is -3.17. The second-order valence-electron chi connectivity index (χ2n) is 8.51.